The van der Waals surface area contributed by atoms with Gasteiger partial charge < -0.3 is 10.2 Å². The van der Waals surface area contributed by atoms with Crippen LogP contribution in [0.3, 0.4) is 0 Å². The van der Waals surface area contributed by atoms with Crippen LogP contribution in [0.1, 0.15) is 61.1 Å². The average Bonchev–Trinajstić information content (AvgIpc) is 3.57. The van der Waals surface area contributed by atoms with E-state index in [1.54, 1.807) is 0 Å². The summed E-state index contributed by atoms with van der Waals surface area (Å²) in [6, 6.07) is 12.2. The summed E-state index contributed by atoms with van der Waals surface area (Å²) in [6.45, 7) is 6.72. The Morgan fingerprint density at radius 2 is 1.77 bits per heavy atom. The molecule has 3 aromatic rings. The summed E-state index contributed by atoms with van der Waals surface area (Å²) in [6.07, 6.45) is 10.4. The van der Waals surface area contributed by atoms with Crippen LogP contribution in [0.5, 0.6) is 0 Å². The molecular weight excluding hydrogens is 384 g/mol. The van der Waals surface area contributed by atoms with E-state index in [9.17, 15) is 0 Å². The molecule has 6 nitrogen and oxygen atoms in total. The maximum Gasteiger partial charge on any atom is 0.138 e. The van der Waals surface area contributed by atoms with Crippen molar-refractivity contribution in [1.29, 1.82) is 0 Å². The molecule has 2 aliphatic heterocycles. The number of rotatable bonds is 4. The van der Waals surface area contributed by atoms with Crippen molar-refractivity contribution in [1.82, 2.24) is 24.6 Å². The SMILES string of the molecule is Cc1cccnc1[C@@H]1CCC[C@H](c2cn3c(N4CCN(C5CC5)CC4)cccc3n2)N1. The Hall–Kier alpha value is -2.44. The molecule has 2 atom stereocenters. The molecule has 3 aromatic heterocycles. The third-order valence-corrected chi connectivity index (χ3v) is 7.32. The highest BCUT2D eigenvalue weighted by atomic mass is 15.3. The molecule has 6 rings (SSSR count). The molecule has 0 amide bonds. The lowest BCUT2D eigenvalue weighted by atomic mass is 9.93. The van der Waals surface area contributed by atoms with Crippen LogP contribution >= 0.6 is 0 Å². The van der Waals surface area contributed by atoms with Gasteiger partial charge in [-0.1, -0.05) is 12.1 Å². The van der Waals surface area contributed by atoms with Gasteiger partial charge in [0, 0.05) is 44.6 Å². The maximum atomic E-state index is 5.04. The zero-order valence-corrected chi connectivity index (χ0v) is 18.4. The molecule has 5 heterocycles. The fourth-order valence-electron chi connectivity index (χ4n) is 5.44. The minimum absolute atomic E-state index is 0.277. The van der Waals surface area contributed by atoms with Crippen molar-refractivity contribution >= 4 is 11.5 Å². The summed E-state index contributed by atoms with van der Waals surface area (Å²) in [4.78, 5) is 14.9. The fraction of sp³-hybridized carbons (Fsp3) is 0.520. The Bertz CT molecular complexity index is 1060. The van der Waals surface area contributed by atoms with Gasteiger partial charge in [-0.15, -0.1) is 0 Å². The third-order valence-electron chi connectivity index (χ3n) is 7.32. The Morgan fingerprint density at radius 3 is 2.58 bits per heavy atom. The number of piperazine rings is 1. The van der Waals surface area contributed by atoms with Gasteiger partial charge in [-0.25, -0.2) is 4.98 Å². The second-order valence-electron chi connectivity index (χ2n) is 9.44. The van der Waals surface area contributed by atoms with Gasteiger partial charge in [0.15, 0.2) is 0 Å². The zero-order chi connectivity index (χ0) is 20.8. The monoisotopic (exact) mass is 416 g/mol. The fourth-order valence-corrected chi connectivity index (χ4v) is 5.44. The first kappa shape index (κ1) is 19.3. The topological polar surface area (TPSA) is 48.7 Å². The summed E-state index contributed by atoms with van der Waals surface area (Å²) >= 11 is 0. The number of nitrogens with zero attached hydrogens (tertiary/aromatic N) is 5. The van der Waals surface area contributed by atoms with Crippen molar-refractivity contribution in [3.05, 3.63) is 59.7 Å². The molecule has 2 saturated heterocycles. The van der Waals surface area contributed by atoms with Crippen LogP contribution in [0.4, 0.5) is 5.82 Å². The normalized spacial score (nSPS) is 25.3. The van der Waals surface area contributed by atoms with E-state index in [4.69, 9.17) is 4.98 Å². The van der Waals surface area contributed by atoms with Gasteiger partial charge in [0.25, 0.3) is 0 Å². The van der Waals surface area contributed by atoms with Crippen molar-refractivity contribution in [3.63, 3.8) is 0 Å². The Morgan fingerprint density at radius 1 is 0.935 bits per heavy atom. The molecule has 162 valence electrons. The number of nitrogens with one attached hydrogen (secondary N) is 1. The molecule has 1 saturated carbocycles. The van der Waals surface area contributed by atoms with Gasteiger partial charge in [-0.3, -0.25) is 14.3 Å². The highest BCUT2D eigenvalue weighted by Crippen LogP contribution is 2.34. The van der Waals surface area contributed by atoms with E-state index in [1.807, 2.05) is 12.3 Å². The van der Waals surface area contributed by atoms with Crippen molar-refractivity contribution in [2.75, 3.05) is 31.1 Å². The molecule has 0 radical (unpaired) electrons. The summed E-state index contributed by atoms with van der Waals surface area (Å²) in [5, 5.41) is 3.85. The lowest BCUT2D eigenvalue weighted by molar-refractivity contribution is 0.247. The molecule has 31 heavy (non-hydrogen) atoms. The zero-order valence-electron chi connectivity index (χ0n) is 18.4. The number of pyridine rings is 2. The van der Waals surface area contributed by atoms with Crippen LogP contribution in [0, 0.1) is 6.92 Å². The van der Waals surface area contributed by atoms with E-state index in [0.717, 1.165) is 43.3 Å². The lowest BCUT2D eigenvalue weighted by Gasteiger charge is -2.36. The Labute approximate surface area is 184 Å². The minimum atomic E-state index is 0.277. The standard InChI is InChI=1S/C25H32N6/c1-18-5-4-12-26-25(18)21-7-2-6-20(27-21)22-17-31-23(28-22)8-3-9-24(31)30-15-13-29(14-16-30)19-10-11-19/h3-5,8-9,12,17,19-21,27H,2,6-7,10-11,13-16H2,1H3/t20-,21+/m1/s1. The second-order valence-corrected chi connectivity index (χ2v) is 9.44. The van der Waals surface area contributed by atoms with Gasteiger partial charge in [0.05, 0.1) is 23.5 Å². The number of fused-ring (bicyclic) bond motifs is 1. The molecule has 3 fully saturated rings. The molecule has 6 heteroatoms. The molecular formula is C25H32N6. The first-order valence-corrected chi connectivity index (χ1v) is 11.9. The number of aromatic nitrogens is 3. The molecule has 0 spiro atoms. The Balaban J connectivity index is 1.24. The summed E-state index contributed by atoms with van der Waals surface area (Å²) in [5.74, 6) is 1.28. The molecule has 0 unspecified atom stereocenters. The van der Waals surface area contributed by atoms with Crippen LogP contribution in [-0.2, 0) is 0 Å². The summed E-state index contributed by atoms with van der Waals surface area (Å²) < 4.78 is 2.30. The van der Waals surface area contributed by atoms with Gasteiger partial charge in [0.2, 0.25) is 0 Å². The van der Waals surface area contributed by atoms with E-state index in [-0.39, 0.29) is 6.04 Å². The minimum Gasteiger partial charge on any atom is -0.355 e. The van der Waals surface area contributed by atoms with Crippen molar-refractivity contribution in [3.8, 4) is 0 Å². The van der Waals surface area contributed by atoms with Crippen LogP contribution < -0.4 is 10.2 Å². The van der Waals surface area contributed by atoms with Crippen molar-refractivity contribution in [2.24, 2.45) is 0 Å². The van der Waals surface area contributed by atoms with Crippen LogP contribution in [-0.4, -0.2) is 51.5 Å². The summed E-state index contributed by atoms with van der Waals surface area (Å²) in [5.41, 5.74) is 4.66. The number of anilines is 1. The first-order valence-electron chi connectivity index (χ1n) is 11.9. The molecule has 1 N–H and O–H groups in total. The number of piperidine rings is 1. The molecule has 3 aliphatic rings. The number of aryl methyl sites for hydroxylation is 1. The number of hydrogen-bond donors (Lipinski definition) is 1. The number of imidazole rings is 1. The van der Waals surface area contributed by atoms with E-state index >= 15 is 0 Å². The second kappa shape index (κ2) is 7.92. The molecule has 0 bridgehead atoms. The van der Waals surface area contributed by atoms with Crippen molar-refractivity contribution < 1.29 is 0 Å². The maximum absolute atomic E-state index is 5.04. The average molecular weight is 417 g/mol. The summed E-state index contributed by atoms with van der Waals surface area (Å²) in [7, 11) is 0. The largest absolute Gasteiger partial charge is 0.355 e. The van der Waals surface area contributed by atoms with Crippen LogP contribution in [0.25, 0.3) is 5.65 Å². The van der Waals surface area contributed by atoms with Gasteiger partial charge in [-0.05, 0) is 62.8 Å². The molecule has 0 aromatic carbocycles. The first-order chi connectivity index (χ1) is 15.3. The van der Waals surface area contributed by atoms with Gasteiger partial charge in [0.1, 0.15) is 11.5 Å². The van der Waals surface area contributed by atoms with E-state index < -0.39 is 0 Å². The molecule has 1 aliphatic carbocycles. The van der Waals surface area contributed by atoms with E-state index in [1.165, 1.54) is 49.4 Å². The number of hydrogen-bond acceptors (Lipinski definition) is 5. The van der Waals surface area contributed by atoms with E-state index in [0.29, 0.717) is 6.04 Å². The highest BCUT2D eigenvalue weighted by Gasteiger charge is 2.32. The smallest absolute Gasteiger partial charge is 0.138 e. The predicted molar refractivity (Wildman–Crippen MR) is 123 cm³/mol. The Kier molecular flexibility index (Phi) is 4.92. The lowest BCUT2D eigenvalue weighted by Crippen LogP contribution is -2.47. The predicted octanol–water partition coefficient (Wildman–Crippen LogP) is 3.88. The quantitative estimate of drug-likeness (QED) is 0.700. The highest BCUT2D eigenvalue weighted by molar-refractivity contribution is 5.53. The van der Waals surface area contributed by atoms with Gasteiger partial charge in [-0.2, -0.15) is 0 Å². The van der Waals surface area contributed by atoms with E-state index in [2.05, 4.69) is 61.9 Å². The third kappa shape index (κ3) is 3.72. The van der Waals surface area contributed by atoms with Crippen LogP contribution in [0.2, 0.25) is 0 Å². The van der Waals surface area contributed by atoms with Crippen molar-refractivity contribution in [2.45, 2.75) is 57.2 Å². The van der Waals surface area contributed by atoms with Gasteiger partial charge >= 0.3 is 0 Å². The van der Waals surface area contributed by atoms with Crippen LogP contribution in [0.15, 0.2) is 42.7 Å².